The Morgan fingerprint density at radius 2 is 1.87 bits per heavy atom. The van der Waals surface area contributed by atoms with Gasteiger partial charge in [-0.1, -0.05) is 18.2 Å². The number of H-pyrrole nitrogens is 1. The van der Waals surface area contributed by atoms with Crippen LogP contribution in [0.4, 0.5) is 13.2 Å². The number of nitrogens with one attached hydrogen (secondary N) is 2. The van der Waals surface area contributed by atoms with Crippen molar-refractivity contribution < 1.29 is 37.8 Å². The number of benzene rings is 1. The van der Waals surface area contributed by atoms with E-state index in [0.29, 0.717) is 0 Å². The first-order chi connectivity index (χ1) is 13.9. The first kappa shape index (κ1) is 22.9. The summed E-state index contributed by atoms with van der Waals surface area (Å²) < 4.78 is 39.6. The lowest BCUT2D eigenvalue weighted by Crippen LogP contribution is -2.48. The Morgan fingerprint density at radius 1 is 1.23 bits per heavy atom. The van der Waals surface area contributed by atoms with Crippen LogP contribution in [0.5, 0.6) is 0 Å². The van der Waals surface area contributed by atoms with Gasteiger partial charge in [0.15, 0.2) is 11.8 Å². The fourth-order valence-electron chi connectivity index (χ4n) is 2.66. The molecular formula is C18H19F3N4O5. The zero-order valence-electron chi connectivity index (χ0n) is 15.9. The lowest BCUT2D eigenvalue weighted by atomic mass is 9.96. The molecule has 12 heteroatoms. The minimum Gasteiger partial charge on any atom is -0.479 e. The normalized spacial score (nSPS) is 13.4. The summed E-state index contributed by atoms with van der Waals surface area (Å²) in [5.41, 5.74) is -1.64. The Kier molecular flexibility index (Phi) is 6.82. The largest absolute Gasteiger partial charge is 0.479 e. The molecule has 9 nitrogen and oxygen atoms in total. The SMILES string of the molecule is CN(C)C(=O)c1cc(C(=O)N[C@H](Cc2ccccc2C(F)(F)F)[C@@H](O)C(=O)O)n[nH]1. The van der Waals surface area contributed by atoms with Gasteiger partial charge in [0, 0.05) is 20.2 Å². The molecule has 30 heavy (non-hydrogen) atoms. The summed E-state index contributed by atoms with van der Waals surface area (Å²) in [5.74, 6) is -3.18. The first-order valence-corrected chi connectivity index (χ1v) is 8.55. The van der Waals surface area contributed by atoms with E-state index in [1.807, 2.05) is 0 Å². The molecule has 1 aromatic carbocycles. The minimum absolute atomic E-state index is 0.0251. The summed E-state index contributed by atoms with van der Waals surface area (Å²) in [5, 5.41) is 27.2. The van der Waals surface area contributed by atoms with Crippen molar-refractivity contribution >= 4 is 17.8 Å². The average molecular weight is 428 g/mol. The number of carbonyl (C=O) groups is 3. The van der Waals surface area contributed by atoms with E-state index in [1.54, 1.807) is 0 Å². The second-order valence-electron chi connectivity index (χ2n) is 6.59. The molecule has 0 fully saturated rings. The molecule has 0 spiro atoms. The summed E-state index contributed by atoms with van der Waals surface area (Å²) in [7, 11) is 2.94. The molecule has 0 saturated carbocycles. The van der Waals surface area contributed by atoms with Gasteiger partial charge >= 0.3 is 12.1 Å². The molecule has 4 N–H and O–H groups in total. The van der Waals surface area contributed by atoms with Crippen LogP contribution in [0.1, 0.15) is 32.1 Å². The fraction of sp³-hybridized carbons (Fsp3) is 0.333. The molecule has 0 aliphatic rings. The highest BCUT2D eigenvalue weighted by Gasteiger charge is 2.35. The fourth-order valence-corrected chi connectivity index (χ4v) is 2.66. The zero-order chi connectivity index (χ0) is 22.6. The van der Waals surface area contributed by atoms with Crippen molar-refractivity contribution in [3.63, 3.8) is 0 Å². The number of carboxylic acids is 1. The Labute approximate surface area is 168 Å². The van der Waals surface area contributed by atoms with E-state index in [2.05, 4.69) is 15.5 Å². The molecule has 0 bridgehead atoms. The molecule has 1 heterocycles. The molecular weight excluding hydrogens is 409 g/mol. The molecule has 2 atom stereocenters. The molecule has 0 aliphatic heterocycles. The monoisotopic (exact) mass is 428 g/mol. The van der Waals surface area contributed by atoms with E-state index in [1.165, 1.54) is 31.1 Å². The number of hydrogen-bond donors (Lipinski definition) is 4. The molecule has 1 aromatic heterocycles. The van der Waals surface area contributed by atoms with Crippen molar-refractivity contribution in [1.82, 2.24) is 20.4 Å². The third kappa shape index (κ3) is 5.35. The van der Waals surface area contributed by atoms with E-state index in [9.17, 15) is 32.7 Å². The standard InChI is InChI=1S/C18H19F3N4O5/c1-25(2)16(28)13-8-12(23-24-13)15(27)22-11(14(26)17(29)30)7-9-5-3-4-6-10(9)18(19,20)21/h3-6,8,11,14,26H,7H2,1-2H3,(H,22,27)(H,23,24)(H,29,30)/t11-,14-/m1/s1. The highest BCUT2D eigenvalue weighted by molar-refractivity contribution is 5.97. The van der Waals surface area contributed by atoms with Crippen molar-refractivity contribution in [2.24, 2.45) is 0 Å². The van der Waals surface area contributed by atoms with Gasteiger partial charge < -0.3 is 20.4 Å². The van der Waals surface area contributed by atoms with E-state index in [-0.39, 0.29) is 17.0 Å². The molecule has 162 valence electrons. The number of amides is 2. The van der Waals surface area contributed by atoms with E-state index >= 15 is 0 Å². The van der Waals surface area contributed by atoms with Gasteiger partial charge in [-0.15, -0.1) is 0 Å². The average Bonchev–Trinajstić information content (AvgIpc) is 3.15. The smallest absolute Gasteiger partial charge is 0.416 e. The van der Waals surface area contributed by atoms with Gasteiger partial charge in [0.05, 0.1) is 11.6 Å². The summed E-state index contributed by atoms with van der Waals surface area (Å²) in [6, 6.07) is 3.94. The predicted molar refractivity (Wildman–Crippen MR) is 96.7 cm³/mol. The number of aromatic nitrogens is 2. The first-order valence-electron chi connectivity index (χ1n) is 8.55. The molecule has 2 amide bonds. The Balaban J connectivity index is 2.28. The van der Waals surface area contributed by atoms with Gasteiger partial charge in [-0.25, -0.2) is 4.79 Å². The summed E-state index contributed by atoms with van der Waals surface area (Å²) in [6.45, 7) is 0. The Morgan fingerprint density at radius 3 is 2.43 bits per heavy atom. The minimum atomic E-state index is -4.71. The second kappa shape index (κ2) is 8.95. The number of alkyl halides is 3. The van der Waals surface area contributed by atoms with Gasteiger partial charge in [-0.3, -0.25) is 14.7 Å². The number of halogens is 3. The van der Waals surface area contributed by atoms with Crippen LogP contribution in [0.15, 0.2) is 30.3 Å². The number of aliphatic hydroxyl groups is 1. The number of hydrogen-bond acceptors (Lipinski definition) is 5. The van der Waals surface area contributed by atoms with Gasteiger partial charge in [-0.05, 0) is 18.1 Å². The number of aliphatic hydroxyl groups excluding tert-OH is 1. The molecule has 2 rings (SSSR count). The molecule has 2 aromatic rings. The van der Waals surface area contributed by atoms with Crippen LogP contribution in [0.3, 0.4) is 0 Å². The topological polar surface area (TPSA) is 136 Å². The van der Waals surface area contributed by atoms with Crippen LogP contribution >= 0.6 is 0 Å². The molecule has 0 saturated heterocycles. The van der Waals surface area contributed by atoms with Crippen LogP contribution in [0.2, 0.25) is 0 Å². The predicted octanol–water partition coefficient (Wildman–Crippen LogP) is 0.917. The maximum absolute atomic E-state index is 13.2. The lowest BCUT2D eigenvalue weighted by Gasteiger charge is -2.23. The van der Waals surface area contributed by atoms with Crippen molar-refractivity contribution in [2.45, 2.75) is 24.7 Å². The van der Waals surface area contributed by atoms with Crippen LogP contribution < -0.4 is 5.32 Å². The number of carboxylic acid groups (broad SMARTS) is 1. The highest BCUT2D eigenvalue weighted by atomic mass is 19.4. The second-order valence-corrected chi connectivity index (χ2v) is 6.59. The quantitative estimate of drug-likeness (QED) is 0.518. The van der Waals surface area contributed by atoms with Crippen molar-refractivity contribution in [1.29, 1.82) is 0 Å². The zero-order valence-corrected chi connectivity index (χ0v) is 15.9. The lowest BCUT2D eigenvalue weighted by molar-refractivity contribution is -0.148. The summed E-state index contributed by atoms with van der Waals surface area (Å²) in [4.78, 5) is 36.7. The van der Waals surface area contributed by atoms with E-state index < -0.39 is 48.1 Å². The van der Waals surface area contributed by atoms with Crippen molar-refractivity contribution in [3.8, 4) is 0 Å². The Bertz CT molecular complexity index is 942. The van der Waals surface area contributed by atoms with Gasteiger partial charge in [0.25, 0.3) is 11.8 Å². The molecule has 0 radical (unpaired) electrons. The molecule has 0 unspecified atom stereocenters. The maximum atomic E-state index is 13.2. The number of aliphatic carboxylic acids is 1. The highest BCUT2D eigenvalue weighted by Crippen LogP contribution is 2.32. The van der Waals surface area contributed by atoms with Crippen LogP contribution in [0, 0.1) is 0 Å². The number of rotatable bonds is 7. The van der Waals surface area contributed by atoms with Crippen LogP contribution in [-0.2, 0) is 17.4 Å². The Hall–Kier alpha value is -3.41. The number of carbonyl (C=O) groups excluding carboxylic acids is 2. The van der Waals surface area contributed by atoms with E-state index in [0.717, 1.165) is 18.2 Å². The van der Waals surface area contributed by atoms with Crippen molar-refractivity contribution in [3.05, 3.63) is 52.8 Å². The van der Waals surface area contributed by atoms with E-state index in [4.69, 9.17) is 5.11 Å². The van der Waals surface area contributed by atoms with Crippen LogP contribution in [0.25, 0.3) is 0 Å². The summed E-state index contributed by atoms with van der Waals surface area (Å²) >= 11 is 0. The third-order valence-electron chi connectivity index (χ3n) is 4.16. The number of aromatic amines is 1. The van der Waals surface area contributed by atoms with Crippen molar-refractivity contribution in [2.75, 3.05) is 14.1 Å². The van der Waals surface area contributed by atoms with Gasteiger partial charge in [0.2, 0.25) is 0 Å². The van der Waals surface area contributed by atoms with Gasteiger partial charge in [-0.2, -0.15) is 18.3 Å². The summed E-state index contributed by atoms with van der Waals surface area (Å²) in [6.07, 6.45) is -7.50. The van der Waals surface area contributed by atoms with Gasteiger partial charge in [0.1, 0.15) is 5.69 Å². The van der Waals surface area contributed by atoms with Crippen LogP contribution in [-0.4, -0.2) is 69.3 Å². The maximum Gasteiger partial charge on any atom is 0.416 e. The number of nitrogens with zero attached hydrogens (tertiary/aromatic N) is 2. The molecule has 0 aliphatic carbocycles. The third-order valence-corrected chi connectivity index (χ3v) is 4.16.